The van der Waals surface area contributed by atoms with Crippen molar-refractivity contribution in [3.05, 3.63) is 40.3 Å². The molecular weight excluding hydrogens is 318 g/mol. The molecule has 1 amide bonds. The van der Waals surface area contributed by atoms with Crippen LogP contribution in [0, 0.1) is 5.92 Å². The fraction of sp³-hybridized carbons (Fsp3) is 0.526. The Balaban J connectivity index is 2.05. The molecule has 6 heteroatoms. The Bertz CT molecular complexity index is 822. The van der Waals surface area contributed by atoms with E-state index in [0.717, 1.165) is 13.0 Å². The summed E-state index contributed by atoms with van der Waals surface area (Å²) in [5.74, 6) is 0.242. The zero-order chi connectivity index (χ0) is 18.0. The second-order valence-electron chi connectivity index (χ2n) is 6.81. The number of ether oxygens (including phenoxy) is 1. The van der Waals surface area contributed by atoms with Crippen molar-refractivity contribution in [2.24, 2.45) is 5.92 Å². The normalized spacial score (nSPS) is 17.4. The molecule has 1 aromatic heterocycles. The minimum Gasteiger partial charge on any atom is -0.381 e. The maximum Gasteiger partial charge on any atom is 0.274 e. The zero-order valence-electron chi connectivity index (χ0n) is 15.1. The summed E-state index contributed by atoms with van der Waals surface area (Å²) in [5.41, 5.74) is 0.194. The SMILES string of the molecule is CCN(C[C@H]1CCOC1)C(=O)c1nn(C(C)C)c(=O)c2ccccc12. The first-order valence-corrected chi connectivity index (χ1v) is 8.91. The molecule has 1 aliphatic rings. The Hall–Kier alpha value is -2.21. The van der Waals surface area contributed by atoms with Crippen molar-refractivity contribution in [2.45, 2.75) is 33.2 Å². The largest absolute Gasteiger partial charge is 0.381 e. The molecule has 0 bridgehead atoms. The van der Waals surface area contributed by atoms with Crippen LogP contribution in [0.2, 0.25) is 0 Å². The Morgan fingerprint density at radius 3 is 2.68 bits per heavy atom. The van der Waals surface area contributed by atoms with E-state index in [0.29, 0.717) is 42.1 Å². The first-order valence-electron chi connectivity index (χ1n) is 8.91. The molecule has 2 aromatic rings. The van der Waals surface area contributed by atoms with Crippen molar-refractivity contribution >= 4 is 16.7 Å². The van der Waals surface area contributed by atoms with Gasteiger partial charge in [0.15, 0.2) is 5.69 Å². The summed E-state index contributed by atoms with van der Waals surface area (Å²) in [7, 11) is 0. The molecule has 0 radical (unpaired) electrons. The third kappa shape index (κ3) is 3.44. The number of hydrogen-bond acceptors (Lipinski definition) is 4. The van der Waals surface area contributed by atoms with Crippen molar-refractivity contribution in [1.82, 2.24) is 14.7 Å². The summed E-state index contributed by atoms with van der Waals surface area (Å²) in [4.78, 5) is 27.6. The summed E-state index contributed by atoms with van der Waals surface area (Å²) >= 11 is 0. The summed E-state index contributed by atoms with van der Waals surface area (Å²) in [6.45, 7) is 8.47. The van der Waals surface area contributed by atoms with Crippen LogP contribution in [0.1, 0.15) is 43.7 Å². The molecule has 134 valence electrons. The Kier molecular flexibility index (Phi) is 5.18. The van der Waals surface area contributed by atoms with E-state index in [1.807, 2.05) is 37.8 Å². The molecule has 0 spiro atoms. The van der Waals surface area contributed by atoms with Gasteiger partial charge in [0.05, 0.1) is 18.0 Å². The fourth-order valence-electron chi connectivity index (χ4n) is 3.26. The monoisotopic (exact) mass is 343 g/mol. The first kappa shape index (κ1) is 17.6. The van der Waals surface area contributed by atoms with Gasteiger partial charge in [-0.2, -0.15) is 5.10 Å². The van der Waals surface area contributed by atoms with Crippen LogP contribution in [-0.2, 0) is 4.74 Å². The smallest absolute Gasteiger partial charge is 0.274 e. The van der Waals surface area contributed by atoms with Crippen molar-refractivity contribution in [2.75, 3.05) is 26.3 Å². The quantitative estimate of drug-likeness (QED) is 0.837. The number of carbonyl (C=O) groups is 1. The van der Waals surface area contributed by atoms with Gasteiger partial charge in [-0.3, -0.25) is 9.59 Å². The Morgan fingerprint density at radius 1 is 1.36 bits per heavy atom. The fourth-order valence-corrected chi connectivity index (χ4v) is 3.26. The van der Waals surface area contributed by atoms with Crippen LogP contribution in [-0.4, -0.2) is 46.9 Å². The maximum atomic E-state index is 13.2. The highest BCUT2D eigenvalue weighted by Crippen LogP contribution is 2.19. The highest BCUT2D eigenvalue weighted by Gasteiger charge is 2.25. The molecule has 0 saturated carbocycles. The van der Waals surface area contributed by atoms with Gasteiger partial charge in [0.1, 0.15) is 0 Å². The molecule has 1 aliphatic heterocycles. The minimum atomic E-state index is -0.158. The van der Waals surface area contributed by atoms with Crippen LogP contribution in [0.3, 0.4) is 0 Å². The highest BCUT2D eigenvalue weighted by molar-refractivity contribution is 6.04. The number of fused-ring (bicyclic) bond motifs is 1. The van der Waals surface area contributed by atoms with Crippen molar-refractivity contribution in [1.29, 1.82) is 0 Å². The zero-order valence-corrected chi connectivity index (χ0v) is 15.1. The molecule has 25 heavy (non-hydrogen) atoms. The van der Waals surface area contributed by atoms with E-state index in [4.69, 9.17) is 4.74 Å². The lowest BCUT2D eigenvalue weighted by atomic mass is 10.1. The third-order valence-electron chi connectivity index (χ3n) is 4.69. The van der Waals surface area contributed by atoms with Crippen molar-refractivity contribution in [3.63, 3.8) is 0 Å². The molecule has 0 aliphatic carbocycles. The van der Waals surface area contributed by atoms with Gasteiger partial charge in [0.25, 0.3) is 11.5 Å². The van der Waals surface area contributed by atoms with E-state index < -0.39 is 0 Å². The molecule has 1 fully saturated rings. The van der Waals surface area contributed by atoms with E-state index in [-0.39, 0.29) is 17.5 Å². The van der Waals surface area contributed by atoms with E-state index in [9.17, 15) is 9.59 Å². The van der Waals surface area contributed by atoms with Crippen molar-refractivity contribution in [3.8, 4) is 0 Å². The molecular formula is C19H25N3O3. The first-order chi connectivity index (χ1) is 12.0. The van der Waals surface area contributed by atoms with Gasteiger partial charge < -0.3 is 9.64 Å². The molecule has 0 unspecified atom stereocenters. The van der Waals surface area contributed by atoms with Crippen LogP contribution in [0.25, 0.3) is 10.8 Å². The number of amides is 1. The van der Waals surface area contributed by atoms with Gasteiger partial charge >= 0.3 is 0 Å². The minimum absolute atomic E-state index is 0.109. The van der Waals surface area contributed by atoms with E-state index in [2.05, 4.69) is 5.10 Å². The second kappa shape index (κ2) is 7.35. The van der Waals surface area contributed by atoms with Gasteiger partial charge in [-0.05, 0) is 33.3 Å². The Labute approximate surface area is 147 Å². The van der Waals surface area contributed by atoms with Gasteiger partial charge in [-0.15, -0.1) is 0 Å². The highest BCUT2D eigenvalue weighted by atomic mass is 16.5. The summed E-state index contributed by atoms with van der Waals surface area (Å²) in [6, 6.07) is 7.10. The lowest BCUT2D eigenvalue weighted by Gasteiger charge is -2.24. The van der Waals surface area contributed by atoms with Crippen LogP contribution < -0.4 is 5.56 Å². The van der Waals surface area contributed by atoms with Gasteiger partial charge in [-0.25, -0.2) is 4.68 Å². The second-order valence-corrected chi connectivity index (χ2v) is 6.81. The summed E-state index contributed by atoms with van der Waals surface area (Å²) in [6.07, 6.45) is 0.976. The third-order valence-corrected chi connectivity index (χ3v) is 4.69. The van der Waals surface area contributed by atoms with Crippen molar-refractivity contribution < 1.29 is 9.53 Å². The van der Waals surface area contributed by atoms with E-state index >= 15 is 0 Å². The molecule has 3 rings (SSSR count). The molecule has 2 heterocycles. The maximum absolute atomic E-state index is 13.2. The topological polar surface area (TPSA) is 64.4 Å². The predicted molar refractivity (Wildman–Crippen MR) is 96.9 cm³/mol. The number of nitrogens with zero attached hydrogens (tertiary/aromatic N) is 3. The average Bonchev–Trinajstić information content (AvgIpc) is 3.12. The molecule has 1 atom stereocenters. The predicted octanol–water partition coefficient (Wildman–Crippen LogP) is 2.48. The van der Waals surface area contributed by atoms with Crippen LogP contribution in [0.5, 0.6) is 0 Å². The molecule has 1 aromatic carbocycles. The molecule has 0 N–H and O–H groups in total. The number of benzene rings is 1. The number of aromatic nitrogens is 2. The van der Waals surface area contributed by atoms with Crippen LogP contribution >= 0.6 is 0 Å². The van der Waals surface area contributed by atoms with Crippen LogP contribution in [0.4, 0.5) is 0 Å². The number of rotatable bonds is 5. The molecule has 6 nitrogen and oxygen atoms in total. The lowest BCUT2D eigenvalue weighted by molar-refractivity contribution is 0.0724. The molecule has 1 saturated heterocycles. The lowest BCUT2D eigenvalue weighted by Crippen LogP contribution is -2.38. The summed E-state index contributed by atoms with van der Waals surface area (Å²) in [5, 5.41) is 5.58. The summed E-state index contributed by atoms with van der Waals surface area (Å²) < 4.78 is 6.83. The standard InChI is InChI=1S/C19H25N3O3/c1-4-21(11-14-9-10-25-12-14)19(24)17-15-7-5-6-8-16(15)18(23)22(20-17)13(2)3/h5-8,13-14H,4,9-12H2,1-3H3/t14-/m1/s1. The van der Waals surface area contributed by atoms with E-state index in [1.165, 1.54) is 4.68 Å². The van der Waals surface area contributed by atoms with Gasteiger partial charge in [0.2, 0.25) is 0 Å². The van der Waals surface area contributed by atoms with E-state index in [1.54, 1.807) is 12.1 Å². The van der Waals surface area contributed by atoms with Gasteiger partial charge in [-0.1, -0.05) is 18.2 Å². The number of hydrogen-bond donors (Lipinski definition) is 0. The Morgan fingerprint density at radius 2 is 2.08 bits per heavy atom. The van der Waals surface area contributed by atoms with Crippen LogP contribution in [0.15, 0.2) is 29.1 Å². The average molecular weight is 343 g/mol. The van der Waals surface area contributed by atoms with Gasteiger partial charge in [0, 0.05) is 31.0 Å². The number of carbonyl (C=O) groups excluding carboxylic acids is 1.